The van der Waals surface area contributed by atoms with Gasteiger partial charge in [-0.3, -0.25) is 14.7 Å². The Hall–Kier alpha value is -2.57. The van der Waals surface area contributed by atoms with E-state index in [4.69, 9.17) is 9.52 Å². The van der Waals surface area contributed by atoms with Gasteiger partial charge in [0.15, 0.2) is 0 Å². The maximum atomic E-state index is 12.0. The number of hydrogen-bond donors (Lipinski definition) is 2. The monoisotopic (exact) mass is 264 g/mol. The molecule has 0 aliphatic heterocycles. The van der Waals surface area contributed by atoms with Crippen LogP contribution in [-0.2, 0) is 6.54 Å². The summed E-state index contributed by atoms with van der Waals surface area (Å²) in [7, 11) is 0. The third-order valence-electron chi connectivity index (χ3n) is 2.98. The fourth-order valence-corrected chi connectivity index (χ4v) is 1.72. The molecule has 0 amide bonds. The lowest BCUT2D eigenvalue weighted by Crippen LogP contribution is -2.33. The van der Waals surface area contributed by atoms with Crippen LogP contribution in [0.25, 0.3) is 0 Å². The Balaban J connectivity index is 2.51. The van der Waals surface area contributed by atoms with E-state index >= 15 is 0 Å². The molecule has 0 atom stereocenters. The van der Waals surface area contributed by atoms with Crippen LogP contribution in [0.1, 0.15) is 27.2 Å². The van der Waals surface area contributed by atoms with Crippen molar-refractivity contribution in [1.82, 2.24) is 9.78 Å². The first kappa shape index (κ1) is 12.9. The molecule has 19 heavy (non-hydrogen) atoms. The molecule has 0 aromatic carbocycles. The zero-order valence-corrected chi connectivity index (χ0v) is 10.4. The second kappa shape index (κ2) is 4.60. The van der Waals surface area contributed by atoms with Crippen molar-refractivity contribution in [1.29, 1.82) is 0 Å². The van der Waals surface area contributed by atoms with E-state index in [9.17, 15) is 14.4 Å². The molecule has 2 heterocycles. The fourth-order valence-electron chi connectivity index (χ4n) is 1.72. The van der Waals surface area contributed by atoms with Crippen molar-refractivity contribution >= 4 is 5.97 Å². The topological polar surface area (TPSA) is 105 Å². The molecule has 7 heteroatoms. The average molecular weight is 264 g/mol. The number of H-pyrrole nitrogens is 1. The summed E-state index contributed by atoms with van der Waals surface area (Å²) in [6.07, 6.45) is 1.23. The molecule has 0 saturated heterocycles. The summed E-state index contributed by atoms with van der Waals surface area (Å²) in [6, 6.07) is 1.45. The van der Waals surface area contributed by atoms with Crippen molar-refractivity contribution in [2.24, 2.45) is 0 Å². The van der Waals surface area contributed by atoms with Crippen LogP contribution in [0, 0.1) is 13.8 Å². The van der Waals surface area contributed by atoms with Crippen LogP contribution in [0.4, 0.5) is 0 Å². The Labute approximate surface area is 107 Å². The molecule has 2 rings (SSSR count). The van der Waals surface area contributed by atoms with Crippen LogP contribution in [0.2, 0.25) is 0 Å². The van der Waals surface area contributed by atoms with Crippen LogP contribution < -0.4 is 11.1 Å². The summed E-state index contributed by atoms with van der Waals surface area (Å²) in [4.78, 5) is 34.5. The highest BCUT2D eigenvalue weighted by atomic mass is 16.4. The lowest BCUT2D eigenvalue weighted by atomic mass is 10.2. The van der Waals surface area contributed by atoms with E-state index in [-0.39, 0.29) is 23.4 Å². The zero-order chi connectivity index (χ0) is 14.2. The quantitative estimate of drug-likeness (QED) is 0.839. The first-order valence-electron chi connectivity index (χ1n) is 5.51. The Bertz CT molecular complexity index is 750. The van der Waals surface area contributed by atoms with Crippen molar-refractivity contribution in [3.05, 3.63) is 55.5 Å². The van der Waals surface area contributed by atoms with Crippen LogP contribution in [0.15, 0.2) is 26.3 Å². The normalized spacial score (nSPS) is 10.6. The van der Waals surface area contributed by atoms with E-state index in [1.54, 1.807) is 13.8 Å². The van der Waals surface area contributed by atoms with Gasteiger partial charge in [0.05, 0.1) is 12.8 Å². The first-order chi connectivity index (χ1) is 8.91. The number of nitrogens with zero attached hydrogens (tertiary/aromatic N) is 1. The number of carbonyl (C=O) groups is 1. The second-order valence-corrected chi connectivity index (χ2v) is 4.16. The maximum absolute atomic E-state index is 12.0. The van der Waals surface area contributed by atoms with Gasteiger partial charge in [-0.1, -0.05) is 0 Å². The van der Waals surface area contributed by atoms with Gasteiger partial charge in [-0.2, -0.15) is 0 Å². The van der Waals surface area contributed by atoms with Gasteiger partial charge in [0.2, 0.25) is 5.76 Å². The van der Waals surface area contributed by atoms with E-state index in [0.717, 1.165) is 4.68 Å². The molecule has 0 unspecified atom stereocenters. The molecular formula is C12H12N2O5. The van der Waals surface area contributed by atoms with Gasteiger partial charge in [0.1, 0.15) is 0 Å². The third kappa shape index (κ3) is 2.22. The largest absolute Gasteiger partial charge is 0.475 e. The number of nitrogens with one attached hydrogen (secondary N) is 1. The predicted octanol–water partition coefficient (Wildman–Crippen LogP) is 0.493. The van der Waals surface area contributed by atoms with Crippen LogP contribution >= 0.6 is 0 Å². The van der Waals surface area contributed by atoms with Gasteiger partial charge < -0.3 is 9.52 Å². The Morgan fingerprint density at radius 1 is 1.37 bits per heavy atom. The van der Waals surface area contributed by atoms with Crippen LogP contribution in [0.5, 0.6) is 0 Å². The highest BCUT2D eigenvalue weighted by molar-refractivity contribution is 5.86. The molecule has 0 spiro atoms. The zero-order valence-electron chi connectivity index (χ0n) is 10.4. The molecule has 2 aromatic rings. The number of aromatic carboxylic acids is 1. The number of carboxylic acid groups (broad SMARTS) is 1. The molecule has 7 nitrogen and oxygen atoms in total. The molecule has 0 aliphatic carbocycles. The SMILES string of the molecule is Cc1c(C)c(=O)n(Cc2ccoc2C(=O)O)[nH]c1=O. The molecule has 2 N–H and O–H groups in total. The van der Waals surface area contributed by atoms with Gasteiger partial charge in [0.25, 0.3) is 11.1 Å². The molecular weight excluding hydrogens is 252 g/mol. The van der Waals surface area contributed by atoms with Crippen molar-refractivity contribution in [3.8, 4) is 0 Å². The van der Waals surface area contributed by atoms with E-state index in [1.807, 2.05) is 0 Å². The highest BCUT2D eigenvalue weighted by Crippen LogP contribution is 2.11. The van der Waals surface area contributed by atoms with Gasteiger partial charge in [0, 0.05) is 16.7 Å². The lowest BCUT2D eigenvalue weighted by Gasteiger charge is -2.07. The molecule has 0 saturated carbocycles. The van der Waals surface area contributed by atoms with Crippen LogP contribution in [0.3, 0.4) is 0 Å². The first-order valence-corrected chi connectivity index (χ1v) is 5.51. The minimum Gasteiger partial charge on any atom is -0.475 e. The molecule has 2 aromatic heterocycles. The van der Waals surface area contributed by atoms with E-state index in [2.05, 4.69) is 5.10 Å². The summed E-state index contributed by atoms with van der Waals surface area (Å²) in [5, 5.41) is 11.3. The van der Waals surface area contributed by atoms with Gasteiger partial charge in [-0.15, -0.1) is 0 Å². The van der Waals surface area contributed by atoms with Crippen molar-refractivity contribution in [2.45, 2.75) is 20.4 Å². The van der Waals surface area contributed by atoms with E-state index in [0.29, 0.717) is 16.7 Å². The Kier molecular flexibility index (Phi) is 3.12. The number of hydrogen-bond acceptors (Lipinski definition) is 4. The molecule has 0 bridgehead atoms. The Morgan fingerprint density at radius 3 is 2.68 bits per heavy atom. The molecule has 0 fully saturated rings. The highest BCUT2D eigenvalue weighted by Gasteiger charge is 2.16. The smallest absolute Gasteiger partial charge is 0.372 e. The third-order valence-corrected chi connectivity index (χ3v) is 2.98. The van der Waals surface area contributed by atoms with Crippen molar-refractivity contribution in [3.63, 3.8) is 0 Å². The number of rotatable bonds is 3. The summed E-state index contributed by atoms with van der Waals surface area (Å²) < 4.78 is 5.89. The van der Waals surface area contributed by atoms with Crippen molar-refractivity contribution in [2.75, 3.05) is 0 Å². The minimum absolute atomic E-state index is 0.0622. The Morgan fingerprint density at radius 2 is 2.05 bits per heavy atom. The van der Waals surface area contributed by atoms with E-state index < -0.39 is 5.97 Å². The van der Waals surface area contributed by atoms with Gasteiger partial charge in [-0.25, -0.2) is 9.48 Å². The summed E-state index contributed by atoms with van der Waals surface area (Å²) in [5.41, 5.74) is 0.261. The molecule has 100 valence electrons. The summed E-state index contributed by atoms with van der Waals surface area (Å²) in [5.74, 6) is -1.47. The number of aromatic nitrogens is 2. The molecule has 0 radical (unpaired) electrons. The van der Waals surface area contributed by atoms with E-state index in [1.165, 1.54) is 12.3 Å². The summed E-state index contributed by atoms with van der Waals surface area (Å²) >= 11 is 0. The summed E-state index contributed by atoms with van der Waals surface area (Å²) in [6.45, 7) is 3.05. The van der Waals surface area contributed by atoms with Crippen molar-refractivity contribution < 1.29 is 14.3 Å². The number of furan rings is 1. The number of aromatic amines is 1. The maximum Gasteiger partial charge on any atom is 0.372 e. The standard InChI is InChI=1S/C12H12N2O5/c1-6-7(2)11(16)14(13-10(6)15)5-8-3-4-19-9(8)12(17)18/h3-4H,5H2,1-2H3,(H,13,15)(H,17,18). The predicted molar refractivity (Wildman–Crippen MR) is 65.6 cm³/mol. The van der Waals surface area contributed by atoms with Crippen LogP contribution in [-0.4, -0.2) is 20.9 Å². The second-order valence-electron chi connectivity index (χ2n) is 4.16. The minimum atomic E-state index is -1.22. The average Bonchev–Trinajstić information content (AvgIpc) is 2.81. The van der Waals surface area contributed by atoms with Gasteiger partial charge >= 0.3 is 5.97 Å². The van der Waals surface area contributed by atoms with Gasteiger partial charge in [-0.05, 0) is 19.9 Å². The molecule has 0 aliphatic rings. The number of carboxylic acids is 1. The lowest BCUT2D eigenvalue weighted by molar-refractivity contribution is 0.0660. The fraction of sp³-hybridized carbons (Fsp3) is 0.250.